The van der Waals surface area contributed by atoms with Gasteiger partial charge in [0.05, 0.1) is 6.10 Å². The van der Waals surface area contributed by atoms with E-state index in [1.54, 1.807) is 0 Å². The fourth-order valence-electron chi connectivity index (χ4n) is 1.76. The lowest BCUT2D eigenvalue weighted by atomic mass is 10.2. The van der Waals surface area contributed by atoms with E-state index in [4.69, 9.17) is 21.4 Å². The zero-order chi connectivity index (χ0) is 12.4. The van der Waals surface area contributed by atoms with Crippen LogP contribution in [0.5, 0.6) is 0 Å². The summed E-state index contributed by atoms with van der Waals surface area (Å²) in [5.41, 5.74) is 0. The average molecular weight is 277 g/mol. The molecule has 1 aromatic heterocycles. The molecule has 1 unspecified atom stereocenters. The number of rotatable bonds is 4. The van der Waals surface area contributed by atoms with Crippen LogP contribution >= 0.6 is 22.9 Å². The Morgan fingerprint density at radius 2 is 2.53 bits per heavy atom. The molecule has 1 aliphatic heterocycles. The Balaban J connectivity index is 2.05. The molecule has 1 atom stereocenters. The van der Waals surface area contributed by atoms with Gasteiger partial charge in [-0.25, -0.2) is 9.78 Å². The molecule has 0 bridgehead atoms. The molecule has 5 nitrogen and oxygen atoms in total. The van der Waals surface area contributed by atoms with Crippen LogP contribution in [0.15, 0.2) is 0 Å². The summed E-state index contributed by atoms with van der Waals surface area (Å²) in [4.78, 5) is 16.9. The third-order valence-electron chi connectivity index (χ3n) is 2.60. The summed E-state index contributed by atoms with van der Waals surface area (Å²) in [6, 6.07) is 0. The summed E-state index contributed by atoms with van der Waals surface area (Å²) in [7, 11) is 1.86. The Morgan fingerprint density at radius 3 is 3.06 bits per heavy atom. The highest BCUT2D eigenvalue weighted by Gasteiger charge is 2.21. The van der Waals surface area contributed by atoms with Crippen LogP contribution in [-0.4, -0.2) is 42.4 Å². The first-order valence-electron chi connectivity index (χ1n) is 5.30. The van der Waals surface area contributed by atoms with Crippen molar-refractivity contribution in [2.24, 2.45) is 0 Å². The van der Waals surface area contributed by atoms with Gasteiger partial charge >= 0.3 is 5.97 Å². The molecule has 0 spiro atoms. The van der Waals surface area contributed by atoms with Crippen molar-refractivity contribution in [1.29, 1.82) is 0 Å². The van der Waals surface area contributed by atoms with Crippen molar-refractivity contribution in [1.82, 2.24) is 4.98 Å². The summed E-state index contributed by atoms with van der Waals surface area (Å²) in [5.74, 6) is -1.04. The minimum atomic E-state index is -1.04. The molecule has 94 valence electrons. The van der Waals surface area contributed by atoms with Crippen LogP contribution in [0.2, 0.25) is 5.15 Å². The van der Waals surface area contributed by atoms with E-state index < -0.39 is 5.97 Å². The van der Waals surface area contributed by atoms with Crippen molar-refractivity contribution in [2.45, 2.75) is 18.9 Å². The number of aromatic nitrogens is 1. The van der Waals surface area contributed by atoms with Gasteiger partial charge in [-0.05, 0) is 12.8 Å². The third-order valence-corrected chi connectivity index (χ3v) is 4.14. The molecule has 1 aliphatic rings. The van der Waals surface area contributed by atoms with E-state index in [-0.39, 0.29) is 16.1 Å². The van der Waals surface area contributed by atoms with Crippen LogP contribution in [0.3, 0.4) is 0 Å². The fraction of sp³-hybridized carbons (Fsp3) is 0.600. The first-order chi connectivity index (χ1) is 8.08. The van der Waals surface area contributed by atoms with Crippen LogP contribution in [0.1, 0.15) is 22.5 Å². The summed E-state index contributed by atoms with van der Waals surface area (Å²) in [5, 5.41) is 9.55. The predicted molar refractivity (Wildman–Crippen MR) is 66.3 cm³/mol. The standard InChI is InChI=1S/C10H13ClN2O3S/c1-13(5-6-3-2-4-16-6)10-12-8(11)7(17-10)9(14)15/h6H,2-5H2,1H3,(H,14,15). The van der Waals surface area contributed by atoms with Crippen molar-refractivity contribution in [2.75, 3.05) is 25.1 Å². The lowest BCUT2D eigenvalue weighted by Gasteiger charge is -2.19. The number of likely N-dealkylation sites (N-methyl/N-ethyl adjacent to an activating group) is 1. The van der Waals surface area contributed by atoms with Gasteiger partial charge in [-0.1, -0.05) is 22.9 Å². The van der Waals surface area contributed by atoms with E-state index in [0.717, 1.165) is 30.8 Å². The Hall–Kier alpha value is -0.850. The first-order valence-corrected chi connectivity index (χ1v) is 6.49. The largest absolute Gasteiger partial charge is 0.477 e. The molecule has 2 heterocycles. The maximum Gasteiger partial charge on any atom is 0.349 e. The predicted octanol–water partition coefficient (Wildman–Crippen LogP) is 2.11. The van der Waals surface area contributed by atoms with Gasteiger partial charge in [0.25, 0.3) is 0 Å². The molecule has 1 N–H and O–H groups in total. The molecular weight excluding hydrogens is 264 g/mol. The fourth-order valence-corrected chi connectivity index (χ4v) is 2.85. The molecule has 0 radical (unpaired) electrons. The highest BCUT2D eigenvalue weighted by atomic mass is 35.5. The first kappa shape index (κ1) is 12.6. The van der Waals surface area contributed by atoms with Crippen molar-refractivity contribution < 1.29 is 14.6 Å². The average Bonchev–Trinajstić information content (AvgIpc) is 2.86. The zero-order valence-corrected chi connectivity index (χ0v) is 10.9. The monoisotopic (exact) mass is 276 g/mol. The molecule has 2 rings (SSSR count). The van der Waals surface area contributed by atoms with Crippen LogP contribution in [0.25, 0.3) is 0 Å². The van der Waals surface area contributed by atoms with Crippen LogP contribution < -0.4 is 4.90 Å². The summed E-state index contributed by atoms with van der Waals surface area (Å²) >= 11 is 6.85. The van der Waals surface area contributed by atoms with Gasteiger partial charge < -0.3 is 14.7 Å². The number of carboxylic acid groups (broad SMARTS) is 1. The van der Waals surface area contributed by atoms with E-state index >= 15 is 0 Å². The second-order valence-electron chi connectivity index (χ2n) is 3.94. The van der Waals surface area contributed by atoms with Crippen molar-refractivity contribution >= 4 is 34.0 Å². The number of halogens is 1. The van der Waals surface area contributed by atoms with Gasteiger partial charge in [0.15, 0.2) is 15.2 Å². The SMILES string of the molecule is CN(CC1CCCO1)c1nc(Cl)c(C(=O)O)s1. The van der Waals surface area contributed by atoms with E-state index in [1.165, 1.54) is 0 Å². The number of ether oxygens (including phenoxy) is 1. The highest BCUT2D eigenvalue weighted by Crippen LogP contribution is 2.29. The minimum absolute atomic E-state index is 0.0525. The van der Waals surface area contributed by atoms with Gasteiger partial charge in [0.1, 0.15) is 0 Å². The quantitative estimate of drug-likeness (QED) is 0.913. The Morgan fingerprint density at radius 1 is 1.76 bits per heavy atom. The summed E-state index contributed by atoms with van der Waals surface area (Å²) < 4.78 is 5.52. The van der Waals surface area contributed by atoms with Crippen molar-refractivity contribution in [3.63, 3.8) is 0 Å². The minimum Gasteiger partial charge on any atom is -0.477 e. The molecule has 1 aromatic rings. The van der Waals surface area contributed by atoms with Crippen LogP contribution in [0, 0.1) is 0 Å². The molecule has 17 heavy (non-hydrogen) atoms. The molecule has 7 heteroatoms. The second-order valence-corrected chi connectivity index (χ2v) is 5.27. The molecule has 0 amide bonds. The Labute approximate surface area is 108 Å². The topological polar surface area (TPSA) is 62.7 Å². The van der Waals surface area contributed by atoms with E-state index in [9.17, 15) is 4.79 Å². The normalized spacial score (nSPS) is 19.5. The summed E-state index contributed by atoms with van der Waals surface area (Å²) in [6.07, 6.45) is 2.32. The van der Waals surface area contributed by atoms with E-state index in [1.807, 2.05) is 11.9 Å². The van der Waals surface area contributed by atoms with Crippen molar-refractivity contribution in [3.8, 4) is 0 Å². The van der Waals surface area contributed by atoms with E-state index in [0.29, 0.717) is 11.7 Å². The molecule has 0 aromatic carbocycles. The number of aromatic carboxylic acids is 1. The maximum atomic E-state index is 10.8. The van der Waals surface area contributed by atoms with Crippen LogP contribution in [-0.2, 0) is 4.74 Å². The maximum absolute atomic E-state index is 10.8. The molecular formula is C10H13ClN2O3S. The van der Waals surface area contributed by atoms with Crippen molar-refractivity contribution in [3.05, 3.63) is 10.0 Å². The molecule has 0 saturated carbocycles. The van der Waals surface area contributed by atoms with Gasteiger partial charge in [-0.15, -0.1) is 0 Å². The highest BCUT2D eigenvalue weighted by molar-refractivity contribution is 7.18. The van der Waals surface area contributed by atoms with Gasteiger partial charge in [0.2, 0.25) is 0 Å². The Kier molecular flexibility index (Phi) is 3.86. The summed E-state index contributed by atoms with van der Waals surface area (Å²) in [6.45, 7) is 1.51. The zero-order valence-electron chi connectivity index (χ0n) is 9.35. The smallest absolute Gasteiger partial charge is 0.349 e. The molecule has 1 saturated heterocycles. The number of carbonyl (C=O) groups is 1. The van der Waals surface area contributed by atoms with Crippen LogP contribution in [0.4, 0.5) is 5.13 Å². The van der Waals surface area contributed by atoms with Gasteiger partial charge in [0, 0.05) is 20.2 Å². The lowest BCUT2D eigenvalue weighted by molar-refractivity contribution is 0.0702. The lowest BCUT2D eigenvalue weighted by Crippen LogP contribution is -2.28. The number of nitrogens with zero attached hydrogens (tertiary/aromatic N) is 2. The van der Waals surface area contributed by atoms with Gasteiger partial charge in [-0.3, -0.25) is 0 Å². The number of hydrogen-bond acceptors (Lipinski definition) is 5. The number of anilines is 1. The number of carboxylic acids is 1. The molecule has 1 fully saturated rings. The molecule has 0 aliphatic carbocycles. The number of hydrogen-bond donors (Lipinski definition) is 1. The third kappa shape index (κ3) is 2.88. The van der Waals surface area contributed by atoms with E-state index in [2.05, 4.69) is 4.98 Å². The van der Waals surface area contributed by atoms with Gasteiger partial charge in [-0.2, -0.15) is 0 Å². The number of thiazole rings is 1. The Bertz CT molecular complexity index is 418. The second kappa shape index (κ2) is 5.20.